The van der Waals surface area contributed by atoms with E-state index in [-0.39, 0.29) is 13.6 Å². The van der Waals surface area contributed by atoms with Gasteiger partial charge in [0.05, 0.1) is 0 Å². The van der Waals surface area contributed by atoms with E-state index in [1.165, 1.54) is 5.06 Å². The van der Waals surface area contributed by atoms with Gasteiger partial charge in [0.15, 0.2) is 13.6 Å². The minimum Gasteiger partial charge on any atom is -0.435 e. The lowest BCUT2D eigenvalue weighted by molar-refractivity contribution is -0.221. The molecule has 12 heavy (non-hydrogen) atoms. The summed E-state index contributed by atoms with van der Waals surface area (Å²) in [6.45, 7) is 3.14. The molecule has 0 N–H and O–H groups in total. The molecule has 0 aromatic heterocycles. The fourth-order valence-corrected chi connectivity index (χ4v) is 0.335. The van der Waals surface area contributed by atoms with Crippen molar-refractivity contribution in [2.45, 2.75) is 0 Å². The third kappa shape index (κ3) is 7.20. The molecule has 0 spiro atoms. The minimum absolute atomic E-state index is 0.0530. The molecular weight excluding hydrogens is 162 g/mol. The summed E-state index contributed by atoms with van der Waals surface area (Å²) in [6, 6.07) is 0. The van der Waals surface area contributed by atoms with Crippen LogP contribution >= 0.6 is 0 Å². The number of nitrogens with zero attached hydrogens (tertiary/aromatic N) is 1. The van der Waals surface area contributed by atoms with Crippen molar-refractivity contribution in [3.63, 3.8) is 0 Å². The molecule has 0 saturated heterocycles. The summed E-state index contributed by atoms with van der Waals surface area (Å²) in [5.41, 5.74) is 0. The molecule has 5 heteroatoms. The van der Waals surface area contributed by atoms with E-state index in [0.29, 0.717) is 0 Å². The molecule has 0 saturated carbocycles. The third-order valence-electron chi connectivity index (χ3n) is 0.845. The summed E-state index contributed by atoms with van der Waals surface area (Å²) in [4.78, 5) is 15.3. The largest absolute Gasteiger partial charge is 0.435 e. The molecule has 0 aliphatic heterocycles. The number of hydrogen-bond donors (Lipinski definition) is 0. The first-order chi connectivity index (χ1) is 5.66. The Morgan fingerprint density at radius 1 is 1.50 bits per heavy atom. The van der Waals surface area contributed by atoms with Crippen LogP contribution < -0.4 is 0 Å². The van der Waals surface area contributed by atoms with Gasteiger partial charge in [-0.25, -0.2) is 4.79 Å². The van der Waals surface area contributed by atoms with Crippen molar-refractivity contribution >= 4 is 5.97 Å². The molecule has 0 amide bonds. The second kappa shape index (κ2) is 6.78. The van der Waals surface area contributed by atoms with Crippen LogP contribution in [0, 0.1) is 0 Å². The first-order valence-corrected chi connectivity index (χ1v) is 3.34. The quantitative estimate of drug-likeness (QED) is 0.189. The number of hydrogen-bond acceptors (Lipinski definition) is 5. The molecule has 0 aliphatic rings. The highest BCUT2D eigenvalue weighted by molar-refractivity contribution is 5.81. The van der Waals surface area contributed by atoms with Gasteiger partial charge in [0, 0.05) is 20.2 Å². The smallest absolute Gasteiger partial charge is 0.332 e. The molecule has 0 unspecified atom stereocenters. The molecule has 0 rings (SSSR count). The van der Waals surface area contributed by atoms with Gasteiger partial charge in [-0.15, -0.1) is 0 Å². The van der Waals surface area contributed by atoms with Gasteiger partial charge >= 0.3 is 5.97 Å². The van der Waals surface area contributed by atoms with Gasteiger partial charge in [-0.2, -0.15) is 5.06 Å². The average Bonchev–Trinajstić information content (AvgIpc) is 2.03. The van der Waals surface area contributed by atoms with Crippen molar-refractivity contribution in [3.8, 4) is 0 Å². The summed E-state index contributed by atoms with van der Waals surface area (Å²) in [7, 11) is 3.44. The first-order valence-electron chi connectivity index (χ1n) is 3.34. The summed E-state index contributed by atoms with van der Waals surface area (Å²) < 4.78 is 9.26. The molecule has 0 aromatic carbocycles. The highest BCUT2D eigenvalue weighted by Gasteiger charge is 1.94. The molecule has 0 radical (unpaired) electrons. The Morgan fingerprint density at radius 2 is 2.17 bits per heavy atom. The molecular formula is C7H13NO4. The fourth-order valence-electron chi connectivity index (χ4n) is 0.335. The lowest BCUT2D eigenvalue weighted by Gasteiger charge is -2.09. The van der Waals surface area contributed by atoms with Crippen LogP contribution in [-0.2, 0) is 19.1 Å². The van der Waals surface area contributed by atoms with E-state index in [9.17, 15) is 4.79 Å². The Kier molecular flexibility index (Phi) is 6.26. The monoisotopic (exact) mass is 175 g/mol. The number of carbonyl (C=O) groups excluding carboxylic acids is 1. The van der Waals surface area contributed by atoms with Gasteiger partial charge in [-0.3, -0.25) is 4.84 Å². The highest BCUT2D eigenvalue weighted by Crippen LogP contribution is 1.84. The van der Waals surface area contributed by atoms with Gasteiger partial charge in [-0.05, 0) is 0 Å². The Labute approximate surface area is 71.5 Å². The molecule has 70 valence electrons. The van der Waals surface area contributed by atoms with Crippen LogP contribution in [0.5, 0.6) is 0 Å². The number of carbonyl (C=O) groups is 1. The van der Waals surface area contributed by atoms with E-state index in [2.05, 4.69) is 11.3 Å². The fraction of sp³-hybridized carbons (Fsp3) is 0.571. The van der Waals surface area contributed by atoms with E-state index in [1.54, 1.807) is 14.1 Å². The van der Waals surface area contributed by atoms with E-state index in [0.717, 1.165) is 6.08 Å². The van der Waals surface area contributed by atoms with Crippen molar-refractivity contribution in [1.29, 1.82) is 0 Å². The van der Waals surface area contributed by atoms with Gasteiger partial charge < -0.3 is 9.47 Å². The average molecular weight is 175 g/mol. The summed E-state index contributed by atoms with van der Waals surface area (Å²) in [6.07, 6.45) is 1.07. The van der Waals surface area contributed by atoms with Crippen LogP contribution in [0.4, 0.5) is 0 Å². The second-order valence-corrected chi connectivity index (χ2v) is 2.05. The van der Waals surface area contributed by atoms with Crippen LogP contribution in [-0.4, -0.2) is 38.7 Å². The third-order valence-corrected chi connectivity index (χ3v) is 0.845. The van der Waals surface area contributed by atoms with E-state index in [1.807, 2.05) is 0 Å². The predicted molar refractivity (Wildman–Crippen MR) is 41.9 cm³/mol. The zero-order valence-electron chi connectivity index (χ0n) is 7.28. The molecule has 0 aromatic rings. The maximum Gasteiger partial charge on any atom is 0.332 e. The summed E-state index contributed by atoms with van der Waals surface area (Å²) in [5.74, 6) is -0.514. The highest BCUT2D eigenvalue weighted by atomic mass is 16.8. The Hall–Kier alpha value is -0.910. The Balaban J connectivity index is 3.11. The van der Waals surface area contributed by atoms with Crippen molar-refractivity contribution in [1.82, 2.24) is 5.06 Å². The SMILES string of the molecule is C=CC(=O)OCOCON(C)C. The second-order valence-electron chi connectivity index (χ2n) is 2.05. The maximum atomic E-state index is 10.4. The van der Waals surface area contributed by atoms with Crippen LogP contribution in [0.3, 0.4) is 0 Å². The van der Waals surface area contributed by atoms with Crippen LogP contribution in [0.15, 0.2) is 12.7 Å². The molecule has 0 heterocycles. The van der Waals surface area contributed by atoms with E-state index < -0.39 is 5.97 Å². The molecule has 0 bridgehead atoms. The van der Waals surface area contributed by atoms with Crippen molar-refractivity contribution < 1.29 is 19.1 Å². The topological polar surface area (TPSA) is 48.0 Å². The number of rotatable bonds is 6. The predicted octanol–water partition coefficient (Wildman–Crippen LogP) is 0.140. The molecule has 5 nitrogen and oxygen atoms in total. The van der Waals surface area contributed by atoms with Gasteiger partial charge in [-0.1, -0.05) is 6.58 Å². The lowest BCUT2D eigenvalue weighted by Crippen LogP contribution is -2.16. The lowest BCUT2D eigenvalue weighted by atomic mass is 10.7. The van der Waals surface area contributed by atoms with Gasteiger partial charge in [0.25, 0.3) is 0 Å². The van der Waals surface area contributed by atoms with Crippen molar-refractivity contribution in [2.24, 2.45) is 0 Å². The summed E-state index contributed by atoms with van der Waals surface area (Å²) in [5, 5.41) is 1.48. The van der Waals surface area contributed by atoms with Gasteiger partial charge in [0.2, 0.25) is 0 Å². The molecule has 0 atom stereocenters. The number of ether oxygens (including phenoxy) is 2. The normalized spacial score (nSPS) is 9.92. The zero-order chi connectivity index (χ0) is 9.40. The maximum absolute atomic E-state index is 10.4. The standard InChI is InChI=1S/C7H13NO4/c1-4-7(9)11-5-10-6-12-8(2)3/h4H,1,5-6H2,2-3H3. The number of hydroxylamine groups is 2. The van der Waals surface area contributed by atoms with Gasteiger partial charge in [0.1, 0.15) is 0 Å². The zero-order valence-corrected chi connectivity index (χ0v) is 7.28. The Morgan fingerprint density at radius 3 is 2.67 bits per heavy atom. The van der Waals surface area contributed by atoms with Crippen LogP contribution in [0.1, 0.15) is 0 Å². The van der Waals surface area contributed by atoms with E-state index in [4.69, 9.17) is 9.57 Å². The molecule has 0 aliphatic carbocycles. The van der Waals surface area contributed by atoms with Crippen LogP contribution in [0.25, 0.3) is 0 Å². The molecule has 0 fully saturated rings. The van der Waals surface area contributed by atoms with Crippen LogP contribution in [0.2, 0.25) is 0 Å². The first kappa shape index (κ1) is 11.1. The van der Waals surface area contributed by atoms with E-state index >= 15 is 0 Å². The number of esters is 1. The summed E-state index contributed by atoms with van der Waals surface area (Å²) >= 11 is 0. The van der Waals surface area contributed by atoms with Crippen molar-refractivity contribution in [3.05, 3.63) is 12.7 Å². The van der Waals surface area contributed by atoms with Crippen molar-refractivity contribution in [2.75, 3.05) is 27.7 Å². The minimum atomic E-state index is -0.514. The Bertz CT molecular complexity index is 146.